The lowest BCUT2D eigenvalue weighted by Crippen LogP contribution is -2.26. The molecule has 5 rings (SSSR count). The minimum Gasteiger partial charge on any atom is -0.457 e. The fraction of sp³-hybridized carbons (Fsp3) is 0. The second-order valence-electron chi connectivity index (χ2n) is 8.20. The van der Waals surface area contributed by atoms with E-state index in [1.54, 1.807) is 0 Å². The third-order valence-corrected chi connectivity index (χ3v) is 9.35. The van der Waals surface area contributed by atoms with Crippen molar-refractivity contribution >= 4 is 34.8 Å². The Kier molecular flexibility index (Phi) is 6.43. The van der Waals surface area contributed by atoms with Crippen molar-refractivity contribution in [3.8, 4) is 23.0 Å². The molecule has 0 aliphatic heterocycles. The van der Waals surface area contributed by atoms with Gasteiger partial charge in [0.2, 0.25) is 0 Å². The number of para-hydroxylation sites is 1. The van der Waals surface area contributed by atoms with Gasteiger partial charge in [-0.1, -0.05) is 91.2 Å². The van der Waals surface area contributed by atoms with Gasteiger partial charge in [0, 0.05) is 23.1 Å². The normalized spacial score (nSPS) is 11.1. The van der Waals surface area contributed by atoms with Gasteiger partial charge >= 0.3 is 0 Å². The summed E-state index contributed by atoms with van der Waals surface area (Å²) in [5.41, 5.74) is 6.68. The Labute approximate surface area is 206 Å². The van der Waals surface area contributed by atoms with Crippen LogP contribution in [0.5, 0.6) is 23.0 Å². The van der Waals surface area contributed by atoms with E-state index in [9.17, 15) is 0 Å². The molecule has 5 aromatic carbocycles. The van der Waals surface area contributed by atoms with E-state index in [4.69, 9.17) is 21.5 Å². The number of nitrogen functional groups attached to an aromatic ring is 1. The van der Waals surface area contributed by atoms with Crippen LogP contribution < -0.4 is 31.1 Å². The van der Waals surface area contributed by atoms with E-state index in [1.165, 1.54) is 10.6 Å². The summed E-state index contributed by atoms with van der Waals surface area (Å²) >= 11 is 0. The Hall–Kier alpha value is -4.20. The Balaban J connectivity index is 1.69. The third kappa shape index (κ3) is 4.87. The molecular weight excluding hydrogens is 449 g/mol. The summed E-state index contributed by atoms with van der Waals surface area (Å²) in [5, 5.41) is 3.36. The molecule has 5 aromatic rings. The lowest BCUT2D eigenvalue weighted by atomic mass is 10.3. The van der Waals surface area contributed by atoms with Crippen molar-refractivity contribution < 1.29 is 9.47 Å². The van der Waals surface area contributed by atoms with E-state index in [-0.39, 0.29) is 0 Å². The van der Waals surface area contributed by atoms with Crippen molar-refractivity contribution in [2.45, 2.75) is 0 Å². The first-order chi connectivity index (χ1) is 17.1. The summed E-state index contributed by atoms with van der Waals surface area (Å²) in [6.45, 7) is -2.28. The van der Waals surface area contributed by atoms with Crippen LogP contribution in [0.2, 0.25) is 0 Å². The lowest BCUT2D eigenvalue weighted by Gasteiger charge is -2.28. The SMILES string of the molecule is C=P(c1ccccc1)(c1ccccc1)c1ccc(Oc2ccccc2)cc1Oc1cccc(N)c1. The highest BCUT2D eigenvalue weighted by molar-refractivity contribution is 7.93. The molecule has 0 bridgehead atoms. The van der Waals surface area contributed by atoms with Gasteiger partial charge in [-0.25, -0.2) is 0 Å². The second-order valence-corrected chi connectivity index (χ2v) is 11.3. The largest absolute Gasteiger partial charge is 0.457 e. The first kappa shape index (κ1) is 22.6. The predicted octanol–water partition coefficient (Wildman–Crippen LogP) is 6.58. The van der Waals surface area contributed by atoms with Gasteiger partial charge < -0.3 is 15.2 Å². The molecule has 0 heterocycles. The summed E-state index contributed by atoms with van der Waals surface area (Å²) < 4.78 is 12.6. The Morgan fingerprint density at radius 3 is 1.66 bits per heavy atom. The van der Waals surface area contributed by atoms with E-state index in [1.807, 2.05) is 78.9 Å². The minimum atomic E-state index is -2.28. The average Bonchev–Trinajstić information content (AvgIpc) is 2.90. The molecular formula is C31H26NO2P. The van der Waals surface area contributed by atoms with Crippen LogP contribution in [0.15, 0.2) is 133 Å². The molecule has 0 aromatic heterocycles. The summed E-state index contributed by atoms with van der Waals surface area (Å²) in [4.78, 5) is 0. The lowest BCUT2D eigenvalue weighted by molar-refractivity contribution is 0.463. The van der Waals surface area contributed by atoms with Crippen molar-refractivity contribution in [1.29, 1.82) is 0 Å². The quantitative estimate of drug-likeness (QED) is 0.214. The monoisotopic (exact) mass is 475 g/mol. The number of nitrogens with two attached hydrogens (primary N) is 1. The molecule has 0 atom stereocenters. The summed E-state index contributed by atoms with van der Waals surface area (Å²) in [6, 6.07) is 44.1. The summed E-state index contributed by atoms with van der Waals surface area (Å²) in [6.07, 6.45) is 4.88. The van der Waals surface area contributed by atoms with Gasteiger partial charge in [0.25, 0.3) is 0 Å². The maximum atomic E-state index is 6.49. The highest BCUT2D eigenvalue weighted by Crippen LogP contribution is 2.46. The topological polar surface area (TPSA) is 44.5 Å². The molecule has 4 heteroatoms. The van der Waals surface area contributed by atoms with Crippen LogP contribution in [0.1, 0.15) is 0 Å². The highest BCUT2D eigenvalue weighted by Gasteiger charge is 2.26. The second kappa shape index (κ2) is 9.97. The van der Waals surface area contributed by atoms with Crippen molar-refractivity contribution in [2.24, 2.45) is 0 Å². The zero-order valence-corrected chi connectivity index (χ0v) is 20.1. The van der Waals surface area contributed by atoms with Crippen LogP contribution in [0.25, 0.3) is 0 Å². The Bertz CT molecular complexity index is 1420. The molecule has 0 aliphatic carbocycles. The molecule has 35 heavy (non-hydrogen) atoms. The van der Waals surface area contributed by atoms with Crippen molar-refractivity contribution in [3.05, 3.63) is 133 Å². The molecule has 3 nitrogen and oxygen atoms in total. The van der Waals surface area contributed by atoms with Gasteiger partial charge in [0.15, 0.2) is 0 Å². The number of rotatable bonds is 7. The highest BCUT2D eigenvalue weighted by atomic mass is 31.2. The molecule has 2 N–H and O–H groups in total. The standard InChI is InChI=1S/C31H26NO2P/c1-35(28-16-7-3-8-17-28,29-18-9-4-10-19-29)31-21-20-27(33-25-13-5-2-6-14-25)23-30(31)34-26-15-11-12-24(32)22-26/h2-23H,1,32H2. The smallest absolute Gasteiger partial charge is 0.139 e. The van der Waals surface area contributed by atoms with Gasteiger partial charge in [-0.15, -0.1) is 0 Å². The maximum Gasteiger partial charge on any atom is 0.139 e. The first-order valence-electron chi connectivity index (χ1n) is 11.4. The number of hydrogen-bond donors (Lipinski definition) is 1. The molecule has 0 saturated heterocycles. The van der Waals surface area contributed by atoms with Crippen LogP contribution in [0, 0.1) is 0 Å². The fourth-order valence-corrected chi connectivity index (χ4v) is 7.11. The predicted molar refractivity (Wildman–Crippen MR) is 150 cm³/mol. The molecule has 0 saturated carbocycles. The van der Waals surface area contributed by atoms with E-state index in [0.29, 0.717) is 22.9 Å². The molecule has 0 fully saturated rings. The number of ether oxygens (including phenoxy) is 2. The van der Waals surface area contributed by atoms with E-state index in [2.05, 4.69) is 54.6 Å². The third-order valence-electron chi connectivity index (χ3n) is 5.80. The average molecular weight is 476 g/mol. The fourth-order valence-electron chi connectivity index (χ4n) is 4.08. The Morgan fingerprint density at radius 1 is 0.514 bits per heavy atom. The van der Waals surface area contributed by atoms with Gasteiger partial charge in [-0.05, 0) is 53.9 Å². The maximum absolute atomic E-state index is 6.49. The zero-order valence-electron chi connectivity index (χ0n) is 19.2. The number of hydrogen-bond acceptors (Lipinski definition) is 3. The summed E-state index contributed by atoms with van der Waals surface area (Å²) in [5.74, 6) is 2.80. The molecule has 0 amide bonds. The van der Waals surface area contributed by atoms with Gasteiger partial charge in [-0.3, -0.25) is 0 Å². The summed E-state index contributed by atoms with van der Waals surface area (Å²) in [7, 11) is 0. The van der Waals surface area contributed by atoms with Gasteiger partial charge in [0.1, 0.15) is 23.0 Å². The van der Waals surface area contributed by atoms with Crippen LogP contribution in [0.4, 0.5) is 5.69 Å². The van der Waals surface area contributed by atoms with E-state index in [0.717, 1.165) is 11.1 Å². The van der Waals surface area contributed by atoms with Crippen molar-refractivity contribution in [1.82, 2.24) is 0 Å². The molecule has 0 radical (unpaired) electrons. The van der Waals surface area contributed by atoms with Gasteiger partial charge in [0.05, 0.1) is 0 Å². The zero-order chi connectivity index (χ0) is 24.1. The van der Waals surface area contributed by atoms with Crippen LogP contribution in [0.3, 0.4) is 0 Å². The number of anilines is 1. The van der Waals surface area contributed by atoms with E-state index >= 15 is 0 Å². The van der Waals surface area contributed by atoms with Crippen molar-refractivity contribution in [2.75, 3.05) is 5.73 Å². The molecule has 0 unspecified atom stereocenters. The molecule has 0 spiro atoms. The molecule has 172 valence electrons. The van der Waals surface area contributed by atoms with Crippen molar-refractivity contribution in [3.63, 3.8) is 0 Å². The first-order valence-corrected chi connectivity index (χ1v) is 13.4. The van der Waals surface area contributed by atoms with Gasteiger partial charge in [-0.2, -0.15) is 0 Å². The van der Waals surface area contributed by atoms with Crippen LogP contribution in [-0.2, 0) is 0 Å². The minimum absolute atomic E-state index is 0.641. The number of benzene rings is 5. The Morgan fingerprint density at radius 2 is 1.06 bits per heavy atom. The van der Waals surface area contributed by atoms with Crippen LogP contribution in [-0.4, -0.2) is 6.30 Å². The van der Waals surface area contributed by atoms with E-state index < -0.39 is 6.89 Å². The van der Waals surface area contributed by atoms with Crippen LogP contribution >= 0.6 is 6.89 Å². The molecule has 0 aliphatic rings.